The van der Waals surface area contributed by atoms with E-state index >= 15 is 0 Å². The van der Waals surface area contributed by atoms with Crippen LogP contribution in [0, 0.1) is 5.41 Å². The first-order chi connectivity index (χ1) is 19.1. The van der Waals surface area contributed by atoms with Crippen molar-refractivity contribution in [2.24, 2.45) is 5.41 Å². The van der Waals surface area contributed by atoms with Crippen molar-refractivity contribution in [3.05, 3.63) is 94.2 Å². The summed E-state index contributed by atoms with van der Waals surface area (Å²) in [6.45, 7) is 5.52. The van der Waals surface area contributed by atoms with Gasteiger partial charge >= 0.3 is 6.09 Å². The molecule has 1 aromatic heterocycles. The van der Waals surface area contributed by atoms with Gasteiger partial charge in [0.05, 0.1) is 19.3 Å². The SMILES string of the molecule is COC(=O)N[C@H](C(=O)N[C@@H](Cc1ccccc1)[C@@H](O)C[C@H](Cc1ccccc1)NC(=O)c1ccsc1)C(C)(C)C. The lowest BCUT2D eigenvalue weighted by Crippen LogP contribution is -2.58. The van der Waals surface area contributed by atoms with Crippen molar-refractivity contribution in [2.75, 3.05) is 7.11 Å². The largest absolute Gasteiger partial charge is 0.453 e. The third-order valence-corrected chi connectivity index (χ3v) is 7.32. The van der Waals surface area contributed by atoms with E-state index in [1.54, 1.807) is 11.4 Å². The summed E-state index contributed by atoms with van der Waals surface area (Å²) in [6, 6.07) is 19.1. The highest BCUT2D eigenvalue weighted by molar-refractivity contribution is 7.08. The maximum Gasteiger partial charge on any atom is 0.407 e. The number of carbonyl (C=O) groups is 3. The summed E-state index contributed by atoms with van der Waals surface area (Å²) >= 11 is 1.44. The number of aliphatic hydroxyl groups excluding tert-OH is 1. The van der Waals surface area contributed by atoms with Crippen LogP contribution in [0.3, 0.4) is 0 Å². The molecule has 0 aliphatic rings. The number of hydrogen-bond acceptors (Lipinski definition) is 6. The van der Waals surface area contributed by atoms with Gasteiger partial charge in [-0.3, -0.25) is 9.59 Å². The number of carbonyl (C=O) groups excluding carboxylic acids is 3. The van der Waals surface area contributed by atoms with Crippen molar-refractivity contribution in [2.45, 2.75) is 64.3 Å². The van der Waals surface area contributed by atoms with E-state index in [4.69, 9.17) is 4.74 Å². The van der Waals surface area contributed by atoms with Gasteiger partial charge in [-0.2, -0.15) is 11.3 Å². The third-order valence-electron chi connectivity index (χ3n) is 6.64. The number of ether oxygens (including phenoxy) is 1. The van der Waals surface area contributed by atoms with E-state index in [1.807, 2.05) is 86.8 Å². The molecule has 0 saturated heterocycles. The highest BCUT2D eigenvalue weighted by Crippen LogP contribution is 2.21. The summed E-state index contributed by atoms with van der Waals surface area (Å²) in [5, 5.41) is 23.8. The summed E-state index contributed by atoms with van der Waals surface area (Å²) in [4.78, 5) is 38.4. The number of alkyl carbamates (subject to hydrolysis) is 1. The first-order valence-electron chi connectivity index (χ1n) is 13.3. The second-order valence-corrected chi connectivity index (χ2v) is 11.7. The topological polar surface area (TPSA) is 117 Å². The summed E-state index contributed by atoms with van der Waals surface area (Å²) in [6.07, 6.45) is -0.644. The monoisotopic (exact) mass is 565 g/mol. The van der Waals surface area contributed by atoms with E-state index in [2.05, 4.69) is 16.0 Å². The Labute approximate surface area is 240 Å². The molecule has 0 fully saturated rings. The van der Waals surface area contributed by atoms with Crippen LogP contribution < -0.4 is 16.0 Å². The van der Waals surface area contributed by atoms with Crippen LogP contribution in [-0.2, 0) is 22.4 Å². The van der Waals surface area contributed by atoms with E-state index in [9.17, 15) is 19.5 Å². The number of aliphatic hydroxyl groups is 1. The number of amides is 3. The Morgan fingerprint density at radius 3 is 2.00 bits per heavy atom. The minimum Gasteiger partial charge on any atom is -0.453 e. The van der Waals surface area contributed by atoms with Gasteiger partial charge in [-0.25, -0.2) is 4.79 Å². The summed E-state index contributed by atoms with van der Waals surface area (Å²) in [7, 11) is 1.24. The number of nitrogens with one attached hydrogen (secondary N) is 3. The molecule has 3 rings (SSSR count). The Bertz CT molecular complexity index is 1210. The van der Waals surface area contributed by atoms with Crippen LogP contribution in [0.1, 0.15) is 48.7 Å². The maximum atomic E-state index is 13.5. The van der Waals surface area contributed by atoms with Crippen LogP contribution in [0.2, 0.25) is 0 Å². The summed E-state index contributed by atoms with van der Waals surface area (Å²) < 4.78 is 4.73. The maximum absolute atomic E-state index is 13.5. The Morgan fingerprint density at radius 2 is 1.48 bits per heavy atom. The molecule has 1 heterocycles. The van der Waals surface area contributed by atoms with Crippen LogP contribution in [-0.4, -0.2) is 54.4 Å². The predicted octanol–water partition coefficient (Wildman–Crippen LogP) is 4.34. The van der Waals surface area contributed by atoms with Gasteiger partial charge in [0, 0.05) is 17.0 Å². The molecule has 0 aliphatic carbocycles. The molecule has 0 spiro atoms. The molecule has 4 N–H and O–H groups in total. The summed E-state index contributed by atoms with van der Waals surface area (Å²) in [5.74, 6) is -0.645. The Hall–Kier alpha value is -3.69. The number of hydrogen-bond donors (Lipinski definition) is 4. The van der Waals surface area contributed by atoms with Crippen molar-refractivity contribution >= 4 is 29.2 Å². The molecule has 9 heteroatoms. The van der Waals surface area contributed by atoms with Gasteiger partial charge in [0.15, 0.2) is 0 Å². The lowest BCUT2D eigenvalue weighted by molar-refractivity contribution is -0.127. The Balaban J connectivity index is 1.84. The van der Waals surface area contributed by atoms with Crippen LogP contribution in [0.25, 0.3) is 0 Å². The molecule has 0 radical (unpaired) electrons. The molecular weight excluding hydrogens is 526 g/mol. The fraction of sp³-hybridized carbons (Fsp3) is 0.387. The molecule has 0 unspecified atom stereocenters. The average molecular weight is 566 g/mol. The lowest BCUT2D eigenvalue weighted by atomic mass is 9.85. The molecule has 0 bridgehead atoms. The zero-order valence-corrected chi connectivity index (χ0v) is 24.2. The van der Waals surface area contributed by atoms with Gasteiger partial charge in [-0.15, -0.1) is 0 Å². The van der Waals surface area contributed by atoms with E-state index < -0.39 is 41.6 Å². The fourth-order valence-electron chi connectivity index (χ4n) is 4.48. The Morgan fingerprint density at radius 1 is 0.875 bits per heavy atom. The van der Waals surface area contributed by atoms with Gasteiger partial charge in [-0.05, 0) is 47.3 Å². The average Bonchev–Trinajstić information content (AvgIpc) is 3.47. The van der Waals surface area contributed by atoms with Crippen LogP contribution in [0.5, 0.6) is 0 Å². The molecule has 0 aliphatic heterocycles. The quantitative estimate of drug-likeness (QED) is 0.261. The minimum atomic E-state index is -1.00. The van der Waals surface area contributed by atoms with E-state index in [0.29, 0.717) is 18.4 Å². The molecule has 3 amide bonds. The van der Waals surface area contributed by atoms with Crippen LogP contribution >= 0.6 is 11.3 Å². The van der Waals surface area contributed by atoms with Crippen molar-refractivity contribution in [1.82, 2.24) is 16.0 Å². The molecule has 4 atom stereocenters. The second-order valence-electron chi connectivity index (χ2n) is 10.9. The van der Waals surface area contributed by atoms with Crippen molar-refractivity contribution in [3.8, 4) is 0 Å². The van der Waals surface area contributed by atoms with Gasteiger partial charge in [0.25, 0.3) is 5.91 Å². The van der Waals surface area contributed by atoms with Gasteiger partial charge in [0.2, 0.25) is 5.91 Å². The van der Waals surface area contributed by atoms with E-state index in [0.717, 1.165) is 11.1 Å². The van der Waals surface area contributed by atoms with Gasteiger partial charge < -0.3 is 25.8 Å². The first-order valence-corrected chi connectivity index (χ1v) is 14.2. The third kappa shape index (κ3) is 9.50. The van der Waals surface area contributed by atoms with Gasteiger partial charge in [0.1, 0.15) is 6.04 Å². The highest BCUT2D eigenvalue weighted by atomic mass is 32.1. The molecule has 214 valence electrons. The normalized spacial score (nSPS) is 14.3. The zero-order valence-electron chi connectivity index (χ0n) is 23.4. The van der Waals surface area contributed by atoms with Gasteiger partial charge in [-0.1, -0.05) is 81.4 Å². The summed E-state index contributed by atoms with van der Waals surface area (Å²) in [5.41, 5.74) is 1.89. The second kappa shape index (κ2) is 14.6. The predicted molar refractivity (Wildman–Crippen MR) is 157 cm³/mol. The number of methoxy groups -OCH3 is 1. The van der Waals surface area contributed by atoms with Crippen molar-refractivity contribution in [3.63, 3.8) is 0 Å². The molecule has 2 aromatic carbocycles. The molecular formula is C31H39N3O5S. The number of rotatable bonds is 12. The minimum absolute atomic E-state index is 0.202. The fourth-order valence-corrected chi connectivity index (χ4v) is 5.12. The zero-order chi connectivity index (χ0) is 29.1. The lowest BCUT2D eigenvalue weighted by Gasteiger charge is -2.33. The van der Waals surface area contributed by atoms with Crippen molar-refractivity contribution in [1.29, 1.82) is 0 Å². The highest BCUT2D eigenvalue weighted by Gasteiger charge is 2.36. The number of benzene rings is 2. The first kappa shape index (κ1) is 30.8. The standard InChI is InChI=1S/C31H39N3O5S/c1-31(2,3)27(34-30(38)39-4)29(37)33-25(18-22-13-9-6-10-14-22)26(35)19-24(17-21-11-7-5-8-12-21)32-28(36)23-15-16-40-20-23/h5-16,20,24-27,35H,17-19H2,1-4H3,(H,32,36)(H,33,37)(H,34,38)/t24-,25-,26-,27+/m0/s1. The van der Waals surface area contributed by atoms with E-state index in [-0.39, 0.29) is 12.3 Å². The smallest absolute Gasteiger partial charge is 0.407 e. The molecule has 40 heavy (non-hydrogen) atoms. The number of thiophene rings is 1. The molecule has 8 nitrogen and oxygen atoms in total. The van der Waals surface area contributed by atoms with Crippen LogP contribution in [0.4, 0.5) is 4.79 Å². The van der Waals surface area contributed by atoms with E-state index in [1.165, 1.54) is 18.4 Å². The molecule has 0 saturated carbocycles. The Kier molecular flexibility index (Phi) is 11.3. The molecule has 3 aromatic rings. The van der Waals surface area contributed by atoms with Crippen LogP contribution in [0.15, 0.2) is 77.5 Å². The van der Waals surface area contributed by atoms with Crippen molar-refractivity contribution < 1.29 is 24.2 Å².